The fourth-order valence-electron chi connectivity index (χ4n) is 2.57. The number of unbranched alkanes of at least 4 members (excludes halogenated alkanes) is 1. The van der Waals surface area contributed by atoms with Crippen molar-refractivity contribution in [1.29, 1.82) is 0 Å². The van der Waals surface area contributed by atoms with Gasteiger partial charge in [0.2, 0.25) is 0 Å². The molecule has 22 heavy (non-hydrogen) atoms. The summed E-state index contributed by atoms with van der Waals surface area (Å²) in [6.07, 6.45) is 5.13. The van der Waals surface area contributed by atoms with Crippen LogP contribution >= 0.6 is 0 Å². The third-order valence-electron chi connectivity index (χ3n) is 5.25. The van der Waals surface area contributed by atoms with Crippen LogP contribution in [0.5, 0.6) is 0 Å². The van der Waals surface area contributed by atoms with Crippen molar-refractivity contribution in [3.8, 4) is 0 Å². The van der Waals surface area contributed by atoms with Gasteiger partial charge in [-0.2, -0.15) is 0 Å². The summed E-state index contributed by atoms with van der Waals surface area (Å²) in [6, 6.07) is 0. The van der Waals surface area contributed by atoms with Crippen LogP contribution in [0.2, 0.25) is 6.32 Å². The van der Waals surface area contributed by atoms with Crippen molar-refractivity contribution < 1.29 is 18.8 Å². The molecule has 0 amide bonds. The van der Waals surface area contributed by atoms with Gasteiger partial charge in [-0.15, -0.1) is 0 Å². The van der Waals surface area contributed by atoms with Gasteiger partial charge in [0, 0.05) is 12.3 Å². The number of rotatable bonds is 8. The van der Waals surface area contributed by atoms with Gasteiger partial charge in [-0.3, -0.25) is 4.79 Å². The second-order valence-corrected chi connectivity index (χ2v) is 7.88. The fourth-order valence-corrected chi connectivity index (χ4v) is 2.57. The van der Waals surface area contributed by atoms with Crippen LogP contribution in [0.3, 0.4) is 0 Å². The lowest BCUT2D eigenvalue weighted by Gasteiger charge is -2.32. The van der Waals surface area contributed by atoms with E-state index in [-0.39, 0.29) is 29.7 Å². The van der Waals surface area contributed by atoms with Gasteiger partial charge >= 0.3 is 13.1 Å². The minimum Gasteiger partial charge on any atom is -0.465 e. The number of carbonyl (C=O) groups excluding carboxylic acids is 1. The summed E-state index contributed by atoms with van der Waals surface area (Å²) in [5, 5.41) is 0. The van der Waals surface area contributed by atoms with Crippen molar-refractivity contribution in [2.75, 3.05) is 6.61 Å². The Bertz CT molecular complexity index is 365. The molecule has 0 aromatic rings. The Hall–Kier alpha value is -0.545. The van der Waals surface area contributed by atoms with Crippen molar-refractivity contribution in [3.05, 3.63) is 0 Å². The summed E-state index contributed by atoms with van der Waals surface area (Å²) in [5.74, 6) is -0.197. The summed E-state index contributed by atoms with van der Waals surface area (Å²) in [7, 11) is -0.105. The highest BCUT2D eigenvalue weighted by atomic mass is 16.7. The van der Waals surface area contributed by atoms with Crippen LogP contribution < -0.4 is 0 Å². The van der Waals surface area contributed by atoms with Gasteiger partial charge in [0.05, 0.1) is 17.8 Å². The first kappa shape index (κ1) is 19.5. The zero-order chi connectivity index (χ0) is 17.0. The molecular formula is C17H33BO4. The third kappa shape index (κ3) is 5.27. The topological polar surface area (TPSA) is 44.8 Å². The quantitative estimate of drug-likeness (QED) is 0.382. The molecule has 1 aliphatic rings. The van der Waals surface area contributed by atoms with Crippen LogP contribution in [0.15, 0.2) is 0 Å². The molecule has 1 saturated heterocycles. The van der Waals surface area contributed by atoms with E-state index in [0.29, 0.717) is 6.61 Å². The Morgan fingerprint density at radius 2 is 1.68 bits per heavy atom. The molecule has 0 aromatic heterocycles. The van der Waals surface area contributed by atoms with E-state index in [0.717, 1.165) is 32.0 Å². The lowest BCUT2D eigenvalue weighted by atomic mass is 9.78. The van der Waals surface area contributed by atoms with E-state index >= 15 is 0 Å². The largest absolute Gasteiger partial charge is 0.465 e. The fraction of sp³-hybridized carbons (Fsp3) is 0.941. The molecule has 1 heterocycles. The number of esters is 1. The lowest BCUT2D eigenvalue weighted by Crippen LogP contribution is -2.41. The monoisotopic (exact) mass is 312 g/mol. The maximum atomic E-state index is 11.0. The number of ether oxygens (including phenoxy) is 1. The van der Waals surface area contributed by atoms with Gasteiger partial charge in [-0.1, -0.05) is 26.7 Å². The predicted molar refractivity (Wildman–Crippen MR) is 89.8 cm³/mol. The summed E-state index contributed by atoms with van der Waals surface area (Å²) in [4.78, 5) is 11.0. The van der Waals surface area contributed by atoms with E-state index < -0.39 is 0 Å². The Morgan fingerprint density at radius 3 is 2.14 bits per heavy atom. The average Bonchev–Trinajstić information content (AvgIpc) is 2.61. The van der Waals surface area contributed by atoms with Gasteiger partial charge in [0.1, 0.15) is 0 Å². The third-order valence-corrected chi connectivity index (χ3v) is 5.25. The van der Waals surface area contributed by atoms with E-state index in [4.69, 9.17) is 14.0 Å². The molecule has 0 spiro atoms. The van der Waals surface area contributed by atoms with E-state index in [1.807, 2.05) is 0 Å². The van der Waals surface area contributed by atoms with Crippen LogP contribution in [0.4, 0.5) is 0 Å². The van der Waals surface area contributed by atoms with Gasteiger partial charge in [0.15, 0.2) is 0 Å². The van der Waals surface area contributed by atoms with E-state index in [1.54, 1.807) is 0 Å². The first-order valence-electron chi connectivity index (χ1n) is 8.50. The minimum absolute atomic E-state index is 0.0710. The van der Waals surface area contributed by atoms with Crippen LogP contribution in [-0.2, 0) is 18.8 Å². The minimum atomic E-state index is -0.245. The SMILES string of the molecule is CCC(C)(CCCCB1OC(C)(C)C(C)(C)O1)COC(C)=O. The summed E-state index contributed by atoms with van der Waals surface area (Å²) >= 11 is 0. The molecule has 5 heteroatoms. The zero-order valence-electron chi connectivity index (χ0n) is 15.5. The van der Waals surface area contributed by atoms with E-state index in [1.165, 1.54) is 6.92 Å². The molecule has 0 aromatic carbocycles. The Morgan fingerprint density at radius 1 is 1.14 bits per heavy atom. The molecule has 1 atom stereocenters. The lowest BCUT2D eigenvalue weighted by molar-refractivity contribution is -0.144. The first-order chi connectivity index (χ1) is 10.0. The molecule has 0 aliphatic carbocycles. The van der Waals surface area contributed by atoms with Crippen molar-refractivity contribution >= 4 is 13.1 Å². The smallest absolute Gasteiger partial charge is 0.457 e. The van der Waals surface area contributed by atoms with Crippen LogP contribution in [0, 0.1) is 5.41 Å². The number of carbonyl (C=O) groups is 1. The average molecular weight is 312 g/mol. The maximum Gasteiger partial charge on any atom is 0.457 e. The molecule has 4 nitrogen and oxygen atoms in total. The number of hydrogen-bond acceptors (Lipinski definition) is 4. The highest BCUT2D eigenvalue weighted by molar-refractivity contribution is 6.45. The summed E-state index contributed by atoms with van der Waals surface area (Å²) < 4.78 is 17.2. The number of hydrogen-bond donors (Lipinski definition) is 0. The molecule has 0 bridgehead atoms. The van der Waals surface area contributed by atoms with E-state index in [2.05, 4.69) is 41.5 Å². The predicted octanol–water partition coefficient (Wildman–Crippen LogP) is 4.23. The second-order valence-electron chi connectivity index (χ2n) is 7.88. The Balaban J connectivity index is 2.31. The van der Waals surface area contributed by atoms with Crippen molar-refractivity contribution in [2.24, 2.45) is 5.41 Å². The van der Waals surface area contributed by atoms with Crippen molar-refractivity contribution in [1.82, 2.24) is 0 Å². The molecule has 1 aliphatic heterocycles. The van der Waals surface area contributed by atoms with Crippen LogP contribution in [-0.4, -0.2) is 30.9 Å². The van der Waals surface area contributed by atoms with Crippen LogP contribution in [0.25, 0.3) is 0 Å². The van der Waals surface area contributed by atoms with E-state index in [9.17, 15) is 4.79 Å². The molecule has 0 N–H and O–H groups in total. The molecule has 1 unspecified atom stereocenters. The standard InChI is InChI=1S/C17H33BO4/c1-8-17(7,13-20-14(2)19)11-9-10-12-18-21-15(3,4)16(5,6)22-18/h8-13H2,1-7H3. The molecule has 1 fully saturated rings. The van der Waals surface area contributed by atoms with Gasteiger partial charge in [-0.25, -0.2) is 0 Å². The van der Waals surface area contributed by atoms with Crippen molar-refractivity contribution in [2.45, 2.75) is 91.7 Å². The summed E-state index contributed by atoms with van der Waals surface area (Å²) in [5.41, 5.74) is -0.419. The Kier molecular flexibility index (Phi) is 6.52. The molecule has 1 rings (SSSR count). The molecule has 128 valence electrons. The highest BCUT2D eigenvalue weighted by Gasteiger charge is 2.50. The Labute approximate surface area is 136 Å². The normalized spacial score (nSPS) is 22.4. The van der Waals surface area contributed by atoms with Crippen LogP contribution in [0.1, 0.15) is 74.1 Å². The molecular weight excluding hydrogens is 279 g/mol. The molecule has 0 radical (unpaired) electrons. The van der Waals surface area contributed by atoms with Gasteiger partial charge < -0.3 is 14.0 Å². The first-order valence-corrected chi connectivity index (χ1v) is 8.50. The summed E-state index contributed by atoms with van der Waals surface area (Å²) in [6.45, 7) is 14.6. The van der Waals surface area contributed by atoms with Crippen molar-refractivity contribution in [3.63, 3.8) is 0 Å². The zero-order valence-corrected chi connectivity index (χ0v) is 15.5. The maximum absolute atomic E-state index is 11.0. The van der Waals surface area contributed by atoms with Gasteiger partial charge in [-0.05, 0) is 46.9 Å². The van der Waals surface area contributed by atoms with Gasteiger partial charge in [0.25, 0.3) is 0 Å². The second kappa shape index (κ2) is 7.35. The molecule has 0 saturated carbocycles. The highest BCUT2D eigenvalue weighted by Crippen LogP contribution is 2.38.